The average Bonchev–Trinajstić information content (AvgIpc) is 3.01. The highest BCUT2D eigenvalue weighted by Gasteiger charge is 2.32. The van der Waals surface area contributed by atoms with Crippen LogP contribution in [-0.2, 0) is 13.0 Å². The molecule has 1 aliphatic carbocycles. The summed E-state index contributed by atoms with van der Waals surface area (Å²) in [4.78, 5) is 4.55. The predicted octanol–water partition coefficient (Wildman–Crippen LogP) is 6.40. The van der Waals surface area contributed by atoms with Crippen LogP contribution < -0.4 is 5.32 Å². The lowest BCUT2D eigenvalue weighted by molar-refractivity contribution is 0.0996. The summed E-state index contributed by atoms with van der Waals surface area (Å²) in [6, 6.07) is 8.25. The Kier molecular flexibility index (Phi) is 7.67. The van der Waals surface area contributed by atoms with Crippen LogP contribution in [0.15, 0.2) is 28.7 Å². The third-order valence-electron chi connectivity index (χ3n) is 6.43. The minimum atomic E-state index is 0.609. The smallest absolute Gasteiger partial charge is 0.226 e. The molecule has 0 saturated heterocycles. The number of rotatable bonds is 4. The third kappa shape index (κ3) is 5.44. The Morgan fingerprint density at radius 1 is 1.22 bits per heavy atom. The van der Waals surface area contributed by atoms with Gasteiger partial charge in [0.25, 0.3) is 0 Å². The highest BCUT2D eigenvalue weighted by molar-refractivity contribution is 5.59. The van der Waals surface area contributed by atoms with Crippen molar-refractivity contribution in [1.82, 2.24) is 10.3 Å². The molecule has 1 aliphatic rings. The van der Waals surface area contributed by atoms with E-state index in [0.29, 0.717) is 5.41 Å². The molecule has 0 bridgehead atoms. The summed E-state index contributed by atoms with van der Waals surface area (Å²) < 4.78 is 5.74. The molecule has 2 unspecified atom stereocenters. The number of nitrogens with zero attached hydrogens (tertiary/aromatic N) is 1. The summed E-state index contributed by atoms with van der Waals surface area (Å²) in [5.74, 6) is 3.48. The van der Waals surface area contributed by atoms with E-state index in [1.807, 2.05) is 26.1 Å². The number of aryl methyl sites for hydroxylation is 2. The van der Waals surface area contributed by atoms with Crippen LogP contribution >= 0.6 is 0 Å². The molecule has 1 aromatic carbocycles. The maximum absolute atomic E-state index is 5.74. The van der Waals surface area contributed by atoms with Crippen LogP contribution in [0.25, 0.3) is 11.5 Å². The third-order valence-corrected chi connectivity index (χ3v) is 6.43. The highest BCUT2D eigenvalue weighted by atomic mass is 16.4. The van der Waals surface area contributed by atoms with E-state index in [-0.39, 0.29) is 0 Å². The van der Waals surface area contributed by atoms with Gasteiger partial charge in [0, 0.05) is 12.1 Å². The van der Waals surface area contributed by atoms with Crippen LogP contribution in [-0.4, -0.2) is 12.0 Å². The molecular formula is C24H38N2O. The molecule has 2 aromatic rings. The molecule has 1 aromatic heterocycles. The highest BCUT2D eigenvalue weighted by Crippen LogP contribution is 2.43. The summed E-state index contributed by atoms with van der Waals surface area (Å²) in [7, 11) is 1.91. The number of hydrogen-bond acceptors (Lipinski definition) is 3. The van der Waals surface area contributed by atoms with Crippen molar-refractivity contribution in [3.8, 4) is 11.5 Å². The van der Waals surface area contributed by atoms with E-state index in [1.54, 1.807) is 0 Å². The molecule has 0 aliphatic heterocycles. The van der Waals surface area contributed by atoms with Crippen LogP contribution in [0.2, 0.25) is 0 Å². The first kappa shape index (κ1) is 21.7. The first-order valence-electron chi connectivity index (χ1n) is 10.5. The summed E-state index contributed by atoms with van der Waals surface area (Å²) in [5, 5.41) is 3.10. The number of aromatic nitrogens is 1. The standard InChI is InChI=1S/C14H18N2O.C10H20/c1-4-11-7-5-6-8-12(11)14-16-13(9-15-3)10(2)17-14;1-8-6-5-7-10(3,4)9(8)2/h5-8,15H,4,9H2,1-3H3;8-9H,5-7H2,1-4H3. The van der Waals surface area contributed by atoms with E-state index in [9.17, 15) is 0 Å². The van der Waals surface area contributed by atoms with Crippen molar-refractivity contribution in [2.45, 2.75) is 73.8 Å². The van der Waals surface area contributed by atoms with Gasteiger partial charge in [-0.15, -0.1) is 0 Å². The van der Waals surface area contributed by atoms with Gasteiger partial charge in [0.15, 0.2) is 0 Å². The van der Waals surface area contributed by atoms with Crippen molar-refractivity contribution in [2.75, 3.05) is 7.05 Å². The second kappa shape index (κ2) is 9.54. The average molecular weight is 371 g/mol. The maximum Gasteiger partial charge on any atom is 0.226 e. The predicted molar refractivity (Wildman–Crippen MR) is 115 cm³/mol. The summed E-state index contributed by atoms with van der Waals surface area (Å²) >= 11 is 0. The molecule has 1 heterocycles. The fraction of sp³-hybridized carbons (Fsp3) is 0.625. The van der Waals surface area contributed by atoms with E-state index in [2.05, 4.69) is 57.1 Å². The van der Waals surface area contributed by atoms with E-state index < -0.39 is 0 Å². The molecule has 27 heavy (non-hydrogen) atoms. The molecule has 1 N–H and O–H groups in total. The van der Waals surface area contributed by atoms with Gasteiger partial charge >= 0.3 is 0 Å². The molecule has 1 saturated carbocycles. The zero-order valence-corrected chi connectivity index (χ0v) is 18.4. The Bertz CT molecular complexity index is 717. The molecular weight excluding hydrogens is 332 g/mol. The Hall–Kier alpha value is -1.61. The molecule has 0 amide bonds. The van der Waals surface area contributed by atoms with Crippen molar-refractivity contribution in [2.24, 2.45) is 17.3 Å². The lowest BCUT2D eigenvalue weighted by Gasteiger charge is -2.40. The van der Waals surface area contributed by atoms with Gasteiger partial charge in [-0.1, -0.05) is 65.7 Å². The lowest BCUT2D eigenvalue weighted by atomic mass is 9.65. The van der Waals surface area contributed by atoms with Crippen LogP contribution in [0, 0.1) is 24.2 Å². The Balaban J connectivity index is 0.000000223. The molecule has 3 nitrogen and oxygen atoms in total. The largest absolute Gasteiger partial charge is 0.441 e. The second-order valence-electron chi connectivity index (χ2n) is 8.71. The van der Waals surface area contributed by atoms with Crippen LogP contribution in [0.3, 0.4) is 0 Å². The van der Waals surface area contributed by atoms with Gasteiger partial charge in [0.1, 0.15) is 5.76 Å². The quantitative estimate of drug-likeness (QED) is 0.676. The number of oxazole rings is 1. The summed E-state index contributed by atoms with van der Waals surface area (Å²) in [6.07, 6.45) is 5.31. The SMILES string of the molecule is CC1CCCC(C)(C)C1C.CCc1ccccc1-c1nc(CNC)c(C)o1. The maximum atomic E-state index is 5.74. The topological polar surface area (TPSA) is 38.1 Å². The van der Waals surface area contributed by atoms with Gasteiger partial charge in [-0.25, -0.2) is 4.98 Å². The Morgan fingerprint density at radius 3 is 2.52 bits per heavy atom. The van der Waals surface area contributed by atoms with Crippen molar-refractivity contribution >= 4 is 0 Å². The first-order valence-corrected chi connectivity index (χ1v) is 10.5. The van der Waals surface area contributed by atoms with Gasteiger partial charge in [0.05, 0.1) is 5.69 Å². The van der Waals surface area contributed by atoms with E-state index >= 15 is 0 Å². The van der Waals surface area contributed by atoms with Crippen molar-refractivity contribution in [1.29, 1.82) is 0 Å². The van der Waals surface area contributed by atoms with Crippen molar-refractivity contribution < 1.29 is 4.42 Å². The van der Waals surface area contributed by atoms with Gasteiger partial charge in [-0.05, 0) is 55.7 Å². The Morgan fingerprint density at radius 2 is 1.93 bits per heavy atom. The van der Waals surface area contributed by atoms with Gasteiger partial charge in [-0.3, -0.25) is 0 Å². The molecule has 3 rings (SSSR count). The van der Waals surface area contributed by atoms with Gasteiger partial charge in [0.2, 0.25) is 5.89 Å². The van der Waals surface area contributed by atoms with E-state index in [1.165, 1.54) is 24.8 Å². The normalized spacial score (nSPS) is 21.4. The number of benzene rings is 1. The van der Waals surface area contributed by atoms with Crippen LogP contribution in [0.4, 0.5) is 0 Å². The lowest BCUT2D eigenvalue weighted by Crippen LogP contribution is -2.31. The fourth-order valence-electron chi connectivity index (χ4n) is 4.04. The molecule has 3 heteroatoms. The fourth-order valence-corrected chi connectivity index (χ4v) is 4.04. The Labute approximate surface area is 166 Å². The molecule has 150 valence electrons. The zero-order valence-electron chi connectivity index (χ0n) is 18.4. The minimum absolute atomic E-state index is 0.609. The van der Waals surface area contributed by atoms with Crippen molar-refractivity contribution in [3.05, 3.63) is 41.3 Å². The molecule has 0 radical (unpaired) electrons. The monoisotopic (exact) mass is 370 g/mol. The molecule has 0 spiro atoms. The van der Waals surface area contributed by atoms with Gasteiger partial charge < -0.3 is 9.73 Å². The van der Waals surface area contributed by atoms with Crippen molar-refractivity contribution in [3.63, 3.8) is 0 Å². The zero-order chi connectivity index (χ0) is 20.0. The minimum Gasteiger partial charge on any atom is -0.441 e. The second-order valence-corrected chi connectivity index (χ2v) is 8.71. The van der Waals surface area contributed by atoms with Crippen LogP contribution in [0.5, 0.6) is 0 Å². The van der Waals surface area contributed by atoms with E-state index in [0.717, 1.165) is 47.7 Å². The number of nitrogens with one attached hydrogen (secondary N) is 1. The molecule has 2 atom stereocenters. The van der Waals surface area contributed by atoms with E-state index in [4.69, 9.17) is 4.42 Å². The first-order chi connectivity index (χ1) is 12.8. The summed E-state index contributed by atoms with van der Waals surface area (Å²) in [6.45, 7) is 14.5. The summed E-state index contributed by atoms with van der Waals surface area (Å²) in [5.41, 5.74) is 3.95. The van der Waals surface area contributed by atoms with Gasteiger partial charge in [-0.2, -0.15) is 0 Å². The van der Waals surface area contributed by atoms with Crippen LogP contribution in [0.1, 0.15) is 70.9 Å². The number of hydrogen-bond donors (Lipinski definition) is 1. The molecule has 1 fully saturated rings.